The number of hydrogen-bond donors (Lipinski definition) is 2. The number of nitriles is 1. The van der Waals surface area contributed by atoms with E-state index in [2.05, 4.69) is 5.32 Å². The first-order valence-electron chi connectivity index (χ1n) is 6.10. The maximum atomic E-state index is 11.9. The first-order chi connectivity index (χ1) is 9.52. The molecule has 6 nitrogen and oxygen atoms in total. The van der Waals surface area contributed by atoms with Gasteiger partial charge in [-0.15, -0.1) is 0 Å². The normalized spacial score (nSPS) is 14.9. The number of nitrogens with zero attached hydrogens (tertiary/aromatic N) is 1. The van der Waals surface area contributed by atoms with Crippen LogP contribution in [0.3, 0.4) is 0 Å². The molecule has 1 aromatic carbocycles. The molecular formula is C14H12N2O4. The van der Waals surface area contributed by atoms with Crippen LogP contribution in [0.2, 0.25) is 0 Å². The van der Waals surface area contributed by atoms with Crippen molar-refractivity contribution < 1.29 is 19.5 Å². The van der Waals surface area contributed by atoms with Crippen molar-refractivity contribution in [2.45, 2.75) is 12.8 Å². The summed E-state index contributed by atoms with van der Waals surface area (Å²) in [6, 6.07) is 7.22. The highest BCUT2D eigenvalue weighted by molar-refractivity contribution is 6.10. The molecule has 20 heavy (non-hydrogen) atoms. The monoisotopic (exact) mass is 272 g/mol. The van der Waals surface area contributed by atoms with Crippen molar-refractivity contribution in [3.05, 3.63) is 29.8 Å². The third-order valence-corrected chi connectivity index (χ3v) is 3.05. The number of carboxylic acid groups (broad SMARTS) is 1. The Morgan fingerprint density at radius 2 is 1.85 bits per heavy atom. The molecule has 1 aliphatic carbocycles. The van der Waals surface area contributed by atoms with Gasteiger partial charge in [-0.25, -0.2) is 4.79 Å². The van der Waals surface area contributed by atoms with E-state index < -0.39 is 17.8 Å². The molecule has 1 aliphatic rings. The number of carbonyl (C=O) groups is 3. The second-order valence-corrected chi connectivity index (χ2v) is 4.61. The van der Waals surface area contributed by atoms with E-state index in [0.29, 0.717) is 5.69 Å². The van der Waals surface area contributed by atoms with Gasteiger partial charge in [0, 0.05) is 11.6 Å². The van der Waals surface area contributed by atoms with E-state index >= 15 is 0 Å². The van der Waals surface area contributed by atoms with Crippen molar-refractivity contribution in [3.63, 3.8) is 0 Å². The van der Waals surface area contributed by atoms with Crippen molar-refractivity contribution in [1.82, 2.24) is 0 Å². The second kappa shape index (κ2) is 5.53. The molecule has 0 spiro atoms. The molecule has 1 atom stereocenters. The molecule has 1 saturated carbocycles. The summed E-state index contributed by atoms with van der Waals surface area (Å²) in [6.45, 7) is 0. The summed E-state index contributed by atoms with van der Waals surface area (Å²) in [5.41, 5.74) is 0.442. The van der Waals surface area contributed by atoms with Gasteiger partial charge >= 0.3 is 5.97 Å². The zero-order chi connectivity index (χ0) is 14.7. The SMILES string of the molecule is N#CC(C(=O)Nc1ccc(C(=O)O)cc1)C(=O)C1CC1. The summed E-state index contributed by atoms with van der Waals surface area (Å²) >= 11 is 0. The highest BCUT2D eigenvalue weighted by atomic mass is 16.4. The van der Waals surface area contributed by atoms with Crippen LogP contribution in [0.1, 0.15) is 23.2 Å². The molecule has 0 saturated heterocycles. The van der Waals surface area contributed by atoms with Crippen molar-refractivity contribution >= 4 is 23.3 Å². The van der Waals surface area contributed by atoms with Gasteiger partial charge in [0.25, 0.3) is 0 Å². The lowest BCUT2D eigenvalue weighted by Crippen LogP contribution is -2.29. The van der Waals surface area contributed by atoms with Crippen LogP contribution < -0.4 is 5.32 Å². The van der Waals surface area contributed by atoms with Crippen LogP contribution in [0.25, 0.3) is 0 Å². The summed E-state index contributed by atoms with van der Waals surface area (Å²) in [7, 11) is 0. The number of nitrogens with one attached hydrogen (secondary N) is 1. The minimum absolute atomic E-state index is 0.0916. The largest absolute Gasteiger partial charge is 0.478 e. The van der Waals surface area contributed by atoms with Crippen molar-refractivity contribution in [3.8, 4) is 6.07 Å². The molecule has 0 radical (unpaired) electrons. The predicted molar refractivity (Wildman–Crippen MR) is 68.9 cm³/mol. The predicted octanol–water partition coefficient (Wildman–Crippen LogP) is 1.44. The molecule has 6 heteroatoms. The molecular weight excluding hydrogens is 260 g/mol. The standard InChI is InChI=1S/C14H12N2O4/c15-7-11(12(17)8-1-2-8)13(18)16-10-5-3-9(4-6-10)14(19)20/h3-6,8,11H,1-2H2,(H,16,18)(H,19,20). The van der Waals surface area contributed by atoms with Gasteiger partial charge in [0.15, 0.2) is 11.7 Å². The van der Waals surface area contributed by atoms with Crippen molar-refractivity contribution in [2.24, 2.45) is 11.8 Å². The Balaban J connectivity index is 2.04. The van der Waals surface area contributed by atoms with Crippen LogP contribution in [0, 0.1) is 23.2 Å². The molecule has 102 valence electrons. The number of ketones is 1. The number of carbonyl (C=O) groups excluding carboxylic acids is 2. The molecule has 1 unspecified atom stereocenters. The third kappa shape index (κ3) is 3.01. The van der Waals surface area contributed by atoms with Gasteiger partial charge in [0.2, 0.25) is 5.91 Å². The maximum Gasteiger partial charge on any atom is 0.335 e. The van der Waals surface area contributed by atoms with Gasteiger partial charge in [-0.1, -0.05) is 0 Å². The van der Waals surface area contributed by atoms with Gasteiger partial charge < -0.3 is 10.4 Å². The topological polar surface area (TPSA) is 107 Å². The van der Waals surface area contributed by atoms with E-state index in [-0.39, 0.29) is 17.3 Å². The highest BCUT2D eigenvalue weighted by Gasteiger charge is 2.38. The minimum Gasteiger partial charge on any atom is -0.478 e. The second-order valence-electron chi connectivity index (χ2n) is 4.61. The smallest absolute Gasteiger partial charge is 0.335 e. The van der Waals surface area contributed by atoms with Gasteiger partial charge in [-0.05, 0) is 37.1 Å². The van der Waals surface area contributed by atoms with Crippen molar-refractivity contribution in [1.29, 1.82) is 5.26 Å². The average molecular weight is 272 g/mol. The molecule has 0 bridgehead atoms. The lowest BCUT2D eigenvalue weighted by atomic mass is 10.0. The number of Topliss-reactive ketones (excluding diaryl/α,β-unsaturated/α-hetero) is 1. The fraction of sp³-hybridized carbons (Fsp3) is 0.286. The number of rotatable bonds is 5. The fourth-order valence-electron chi connectivity index (χ4n) is 1.77. The number of aromatic carboxylic acids is 1. The molecule has 2 N–H and O–H groups in total. The summed E-state index contributed by atoms with van der Waals surface area (Å²) in [5.74, 6) is -3.55. The van der Waals surface area contributed by atoms with Crippen molar-refractivity contribution in [2.75, 3.05) is 5.32 Å². The van der Waals surface area contributed by atoms with Gasteiger partial charge in [-0.3, -0.25) is 9.59 Å². The van der Waals surface area contributed by atoms with Crippen LogP contribution in [0.4, 0.5) is 5.69 Å². The van der Waals surface area contributed by atoms with E-state index in [4.69, 9.17) is 10.4 Å². The fourth-order valence-corrected chi connectivity index (χ4v) is 1.77. The Bertz CT molecular complexity index is 597. The number of hydrogen-bond acceptors (Lipinski definition) is 4. The van der Waals surface area contributed by atoms with E-state index in [1.165, 1.54) is 24.3 Å². The number of anilines is 1. The molecule has 1 amide bonds. The molecule has 0 heterocycles. The minimum atomic E-state index is -1.30. The quantitative estimate of drug-likeness (QED) is 0.788. The lowest BCUT2D eigenvalue weighted by Gasteiger charge is -2.09. The van der Waals surface area contributed by atoms with Gasteiger partial charge in [0.1, 0.15) is 0 Å². The molecule has 0 aromatic heterocycles. The molecule has 1 aromatic rings. The van der Waals surface area contributed by atoms with Crippen LogP contribution in [-0.2, 0) is 9.59 Å². The van der Waals surface area contributed by atoms with E-state index in [1.54, 1.807) is 6.07 Å². The van der Waals surface area contributed by atoms with Gasteiger partial charge in [-0.2, -0.15) is 5.26 Å². The highest BCUT2D eigenvalue weighted by Crippen LogP contribution is 2.32. The van der Waals surface area contributed by atoms with E-state index in [0.717, 1.165) is 12.8 Å². The summed E-state index contributed by atoms with van der Waals surface area (Å²) in [6.07, 6.45) is 1.47. The van der Waals surface area contributed by atoms with Gasteiger partial charge in [0.05, 0.1) is 11.6 Å². The van der Waals surface area contributed by atoms with Crippen LogP contribution >= 0.6 is 0 Å². The lowest BCUT2D eigenvalue weighted by molar-refractivity contribution is -0.129. The Labute approximate surface area is 115 Å². The first kappa shape index (κ1) is 13.7. The Hall–Kier alpha value is -2.68. The van der Waals surface area contributed by atoms with Crippen LogP contribution in [-0.4, -0.2) is 22.8 Å². The Morgan fingerprint density at radius 1 is 1.25 bits per heavy atom. The third-order valence-electron chi connectivity index (χ3n) is 3.05. The van der Waals surface area contributed by atoms with E-state index in [9.17, 15) is 14.4 Å². The van der Waals surface area contributed by atoms with E-state index in [1.807, 2.05) is 0 Å². The van der Waals surface area contributed by atoms with Crippen LogP contribution in [0.5, 0.6) is 0 Å². The molecule has 2 rings (SSSR count). The summed E-state index contributed by atoms with van der Waals surface area (Å²) in [4.78, 5) is 34.3. The number of benzene rings is 1. The number of carboxylic acids is 1. The number of amides is 1. The zero-order valence-electron chi connectivity index (χ0n) is 10.5. The average Bonchev–Trinajstić information content (AvgIpc) is 3.24. The zero-order valence-corrected chi connectivity index (χ0v) is 10.5. The molecule has 1 fully saturated rings. The van der Waals surface area contributed by atoms with Crippen LogP contribution in [0.15, 0.2) is 24.3 Å². The summed E-state index contributed by atoms with van der Waals surface area (Å²) in [5, 5.41) is 20.1. The molecule has 0 aliphatic heterocycles. The first-order valence-corrected chi connectivity index (χ1v) is 6.10. The Morgan fingerprint density at radius 3 is 2.30 bits per heavy atom. The summed E-state index contributed by atoms with van der Waals surface area (Å²) < 4.78 is 0. The Kier molecular flexibility index (Phi) is 3.80. The maximum absolute atomic E-state index is 11.9.